The van der Waals surface area contributed by atoms with Gasteiger partial charge in [-0.1, -0.05) is 0 Å². The number of urea groups is 1. The summed E-state index contributed by atoms with van der Waals surface area (Å²) < 4.78 is 39.7. The van der Waals surface area contributed by atoms with Crippen molar-refractivity contribution in [2.45, 2.75) is 12.6 Å². The summed E-state index contributed by atoms with van der Waals surface area (Å²) in [7, 11) is 1.31. The molecule has 1 aliphatic rings. The Kier molecular flexibility index (Phi) is 4.47. The Bertz CT molecular complexity index is 764. The van der Waals surface area contributed by atoms with Gasteiger partial charge in [-0.3, -0.25) is 19.8 Å². The van der Waals surface area contributed by atoms with Crippen LogP contribution in [0.3, 0.4) is 0 Å². The SMILES string of the molecule is CN1CCCN(C(=O)c2c(C(F)(F)F)cc(O)c(O)c2[N+](=O)[O-])C1=O. The van der Waals surface area contributed by atoms with Gasteiger partial charge in [-0.05, 0) is 12.5 Å². The van der Waals surface area contributed by atoms with E-state index in [0.29, 0.717) is 4.90 Å². The second-order valence-corrected chi connectivity index (χ2v) is 5.28. The molecule has 2 rings (SSSR count). The van der Waals surface area contributed by atoms with Gasteiger partial charge >= 0.3 is 17.9 Å². The Morgan fingerprint density at radius 1 is 1.32 bits per heavy atom. The number of halogens is 3. The number of alkyl halides is 3. The zero-order chi connectivity index (χ0) is 19.1. The van der Waals surface area contributed by atoms with Gasteiger partial charge in [-0.25, -0.2) is 4.79 Å². The summed E-state index contributed by atoms with van der Waals surface area (Å²) in [5.41, 5.74) is -4.93. The lowest BCUT2D eigenvalue weighted by Gasteiger charge is -2.32. The van der Waals surface area contributed by atoms with Crippen molar-refractivity contribution in [2.75, 3.05) is 20.1 Å². The van der Waals surface area contributed by atoms with Crippen molar-refractivity contribution in [3.05, 3.63) is 27.3 Å². The highest BCUT2D eigenvalue weighted by Crippen LogP contribution is 2.46. The molecule has 0 saturated carbocycles. The molecule has 1 aromatic rings. The Hall–Kier alpha value is -3.05. The number of imide groups is 1. The molecule has 0 bridgehead atoms. The lowest BCUT2D eigenvalue weighted by molar-refractivity contribution is -0.386. The summed E-state index contributed by atoms with van der Waals surface area (Å²) in [6.07, 6.45) is -4.99. The van der Waals surface area contributed by atoms with Crippen LogP contribution in [-0.2, 0) is 6.18 Å². The molecule has 1 aromatic carbocycles. The van der Waals surface area contributed by atoms with Crippen molar-refractivity contribution in [2.24, 2.45) is 0 Å². The average molecular weight is 363 g/mol. The van der Waals surface area contributed by atoms with Gasteiger partial charge in [-0.15, -0.1) is 0 Å². The molecule has 9 nitrogen and oxygen atoms in total. The van der Waals surface area contributed by atoms with E-state index in [-0.39, 0.29) is 25.6 Å². The molecule has 0 aliphatic carbocycles. The Balaban J connectivity index is 2.73. The third kappa shape index (κ3) is 3.14. The molecule has 12 heteroatoms. The van der Waals surface area contributed by atoms with Crippen LogP contribution in [0.5, 0.6) is 11.5 Å². The number of rotatable bonds is 2. The maximum atomic E-state index is 13.2. The van der Waals surface area contributed by atoms with Crippen molar-refractivity contribution >= 4 is 17.6 Å². The van der Waals surface area contributed by atoms with Crippen molar-refractivity contribution in [1.82, 2.24) is 9.80 Å². The highest BCUT2D eigenvalue weighted by Gasteiger charge is 2.45. The van der Waals surface area contributed by atoms with Crippen LogP contribution < -0.4 is 0 Å². The van der Waals surface area contributed by atoms with Crippen LogP contribution in [0.15, 0.2) is 6.07 Å². The van der Waals surface area contributed by atoms with Crippen molar-refractivity contribution in [3.8, 4) is 11.5 Å². The number of aromatic hydroxyl groups is 2. The number of hydrogen-bond acceptors (Lipinski definition) is 6. The molecule has 136 valence electrons. The highest BCUT2D eigenvalue weighted by molar-refractivity contribution is 6.08. The fourth-order valence-electron chi connectivity index (χ4n) is 2.45. The van der Waals surface area contributed by atoms with Gasteiger partial charge in [0, 0.05) is 20.1 Å². The molecule has 1 fully saturated rings. The Morgan fingerprint density at radius 2 is 1.92 bits per heavy atom. The lowest BCUT2D eigenvalue weighted by atomic mass is 10.0. The van der Waals surface area contributed by atoms with Crippen LogP contribution in [0.4, 0.5) is 23.7 Å². The number of nitro groups is 1. The number of benzene rings is 1. The van der Waals surface area contributed by atoms with E-state index in [4.69, 9.17) is 0 Å². The summed E-state index contributed by atoms with van der Waals surface area (Å²) in [5, 5.41) is 30.0. The number of nitrogens with zero attached hydrogens (tertiary/aromatic N) is 3. The third-order valence-corrected chi connectivity index (χ3v) is 3.63. The van der Waals surface area contributed by atoms with Crippen LogP contribution in [0.1, 0.15) is 22.3 Å². The number of nitro benzene ring substituents is 1. The van der Waals surface area contributed by atoms with Crippen LogP contribution in [0.25, 0.3) is 0 Å². The van der Waals surface area contributed by atoms with Crippen LogP contribution >= 0.6 is 0 Å². The van der Waals surface area contributed by atoms with Crippen LogP contribution in [-0.4, -0.2) is 57.0 Å². The van der Waals surface area contributed by atoms with E-state index in [9.17, 15) is 43.1 Å². The van der Waals surface area contributed by atoms with Gasteiger partial charge in [-0.2, -0.15) is 13.2 Å². The van der Waals surface area contributed by atoms with E-state index in [2.05, 4.69) is 0 Å². The lowest BCUT2D eigenvalue weighted by Crippen LogP contribution is -2.50. The van der Waals surface area contributed by atoms with Crippen molar-refractivity contribution in [1.29, 1.82) is 0 Å². The molecule has 3 amide bonds. The number of carbonyl (C=O) groups is 2. The van der Waals surface area contributed by atoms with Gasteiger partial charge in [0.1, 0.15) is 5.56 Å². The van der Waals surface area contributed by atoms with E-state index in [1.807, 2.05) is 0 Å². The van der Waals surface area contributed by atoms with E-state index < -0.39 is 51.4 Å². The van der Waals surface area contributed by atoms with Gasteiger partial charge in [0.05, 0.1) is 10.5 Å². The molecule has 0 aromatic heterocycles. The van der Waals surface area contributed by atoms with Gasteiger partial charge < -0.3 is 15.1 Å². The Labute approximate surface area is 138 Å². The first-order valence-corrected chi connectivity index (χ1v) is 6.84. The fraction of sp³-hybridized carbons (Fsp3) is 0.385. The number of amides is 3. The molecule has 1 aliphatic heterocycles. The molecule has 0 atom stereocenters. The molecule has 0 radical (unpaired) electrons. The molecule has 1 saturated heterocycles. The highest BCUT2D eigenvalue weighted by atomic mass is 19.4. The molecule has 25 heavy (non-hydrogen) atoms. The standard InChI is InChI=1S/C13H12F3N3O6/c1-17-3-2-4-18(12(17)23)11(22)8-6(13(14,15)16)5-7(20)10(21)9(8)19(24)25/h5,20-21H,2-4H2,1H3. The average Bonchev–Trinajstić information content (AvgIpc) is 2.50. The quantitative estimate of drug-likeness (QED) is 0.470. The number of carbonyl (C=O) groups excluding carboxylic acids is 2. The molecular weight excluding hydrogens is 351 g/mol. The van der Waals surface area contributed by atoms with Crippen LogP contribution in [0, 0.1) is 10.1 Å². The summed E-state index contributed by atoms with van der Waals surface area (Å²) in [6, 6.07) is -0.917. The molecule has 2 N–H and O–H groups in total. The minimum atomic E-state index is -5.24. The minimum Gasteiger partial charge on any atom is -0.504 e. The van der Waals surface area contributed by atoms with E-state index in [1.54, 1.807) is 0 Å². The largest absolute Gasteiger partial charge is 0.504 e. The molecular formula is C13H12F3N3O6. The van der Waals surface area contributed by atoms with Gasteiger partial charge in [0.2, 0.25) is 5.75 Å². The summed E-state index contributed by atoms with van der Waals surface area (Å²) in [4.78, 5) is 35.7. The normalized spacial score (nSPS) is 15.4. The minimum absolute atomic E-state index is 0.00764. The van der Waals surface area contributed by atoms with Gasteiger partial charge in [0.15, 0.2) is 5.75 Å². The van der Waals surface area contributed by atoms with E-state index >= 15 is 0 Å². The van der Waals surface area contributed by atoms with E-state index in [0.717, 1.165) is 4.90 Å². The van der Waals surface area contributed by atoms with Crippen LogP contribution in [0.2, 0.25) is 0 Å². The molecule has 0 unspecified atom stereocenters. The summed E-state index contributed by atoms with van der Waals surface area (Å²) in [6.45, 7) is 0.0236. The number of phenols is 2. The Morgan fingerprint density at radius 3 is 2.44 bits per heavy atom. The first kappa shape index (κ1) is 18.3. The van der Waals surface area contributed by atoms with Gasteiger partial charge in [0.25, 0.3) is 5.91 Å². The number of hydrogen-bond donors (Lipinski definition) is 2. The summed E-state index contributed by atoms with van der Waals surface area (Å²) >= 11 is 0. The predicted molar refractivity (Wildman–Crippen MR) is 75.1 cm³/mol. The van der Waals surface area contributed by atoms with E-state index in [1.165, 1.54) is 7.05 Å². The van der Waals surface area contributed by atoms with Crippen molar-refractivity contribution < 1.29 is 37.9 Å². The zero-order valence-corrected chi connectivity index (χ0v) is 12.7. The molecule has 0 spiro atoms. The maximum absolute atomic E-state index is 13.2. The maximum Gasteiger partial charge on any atom is 0.417 e. The monoisotopic (exact) mass is 363 g/mol. The summed E-state index contributed by atoms with van der Waals surface area (Å²) in [5.74, 6) is -4.47. The predicted octanol–water partition coefficient (Wildman–Crippen LogP) is 1.92. The fourth-order valence-corrected chi connectivity index (χ4v) is 2.45. The topological polar surface area (TPSA) is 124 Å². The second kappa shape index (κ2) is 6.11. The second-order valence-electron chi connectivity index (χ2n) is 5.28. The first-order valence-electron chi connectivity index (χ1n) is 6.84. The third-order valence-electron chi connectivity index (χ3n) is 3.63. The first-order chi connectivity index (χ1) is 11.5. The smallest absolute Gasteiger partial charge is 0.417 e. The zero-order valence-electron chi connectivity index (χ0n) is 12.7. The molecule has 1 heterocycles. The number of phenolic OH excluding ortho intramolecular Hbond substituents is 2. The van der Waals surface area contributed by atoms with Crippen molar-refractivity contribution in [3.63, 3.8) is 0 Å².